The normalized spacial score (nSPS) is 21.4. The highest BCUT2D eigenvalue weighted by Gasteiger charge is 2.18. The van der Waals surface area contributed by atoms with Crippen LogP contribution in [0.25, 0.3) is 0 Å². The van der Waals surface area contributed by atoms with Gasteiger partial charge in [0.15, 0.2) is 5.96 Å². The van der Waals surface area contributed by atoms with Crippen molar-refractivity contribution in [3.05, 3.63) is 29.8 Å². The first-order valence-electron chi connectivity index (χ1n) is 9.52. The van der Waals surface area contributed by atoms with Gasteiger partial charge < -0.3 is 10.6 Å². The highest BCUT2D eigenvalue weighted by Crippen LogP contribution is 2.30. The molecule has 0 amide bonds. The lowest BCUT2D eigenvalue weighted by Crippen LogP contribution is -2.38. The summed E-state index contributed by atoms with van der Waals surface area (Å²) in [6, 6.07) is 6.61. The molecule has 2 atom stereocenters. The van der Waals surface area contributed by atoms with Gasteiger partial charge in [0, 0.05) is 13.1 Å². The summed E-state index contributed by atoms with van der Waals surface area (Å²) in [5.74, 6) is 2.42. The maximum Gasteiger partial charge on any atom is 0.238 e. The van der Waals surface area contributed by atoms with Gasteiger partial charge in [-0.1, -0.05) is 38.3 Å². The zero-order valence-electron chi connectivity index (χ0n) is 15.9. The fourth-order valence-corrected chi connectivity index (χ4v) is 4.13. The second-order valence-electron chi connectivity index (χ2n) is 7.24. The first-order valence-corrected chi connectivity index (χ1v) is 11.1. The van der Waals surface area contributed by atoms with Gasteiger partial charge in [-0.2, -0.15) is 0 Å². The van der Waals surface area contributed by atoms with Crippen LogP contribution < -0.4 is 15.8 Å². The maximum atomic E-state index is 11.5. The number of rotatable bonds is 7. The highest BCUT2D eigenvalue weighted by atomic mass is 32.2. The van der Waals surface area contributed by atoms with E-state index in [0.717, 1.165) is 42.9 Å². The third-order valence-corrected chi connectivity index (χ3v) is 5.79. The van der Waals surface area contributed by atoms with Gasteiger partial charge in [0.1, 0.15) is 0 Å². The molecule has 4 N–H and O–H groups in total. The molecule has 146 valence electrons. The summed E-state index contributed by atoms with van der Waals surface area (Å²) in [5.41, 5.74) is 0.815. The number of nitrogens with zero attached hydrogens (tertiary/aromatic N) is 1. The molecule has 2 rings (SSSR count). The predicted octanol–water partition coefficient (Wildman–Crippen LogP) is 2.61. The van der Waals surface area contributed by atoms with Gasteiger partial charge >= 0.3 is 0 Å². The monoisotopic (exact) mass is 380 g/mol. The average Bonchev–Trinajstić information content (AvgIpc) is 2.59. The summed E-state index contributed by atoms with van der Waals surface area (Å²) < 4.78 is 22.9. The molecule has 0 saturated heterocycles. The summed E-state index contributed by atoms with van der Waals surface area (Å²) in [5, 5.41) is 11.8. The van der Waals surface area contributed by atoms with E-state index in [1.54, 1.807) is 12.1 Å². The van der Waals surface area contributed by atoms with E-state index in [9.17, 15) is 8.42 Å². The van der Waals surface area contributed by atoms with Gasteiger partial charge in [0.25, 0.3) is 0 Å². The predicted molar refractivity (Wildman–Crippen MR) is 106 cm³/mol. The summed E-state index contributed by atoms with van der Waals surface area (Å²) >= 11 is 0. The van der Waals surface area contributed by atoms with Gasteiger partial charge in [-0.05, 0) is 49.3 Å². The van der Waals surface area contributed by atoms with Crippen molar-refractivity contribution in [2.24, 2.45) is 22.0 Å². The minimum Gasteiger partial charge on any atom is -0.357 e. The maximum absolute atomic E-state index is 11.5. The first-order chi connectivity index (χ1) is 12.4. The van der Waals surface area contributed by atoms with Crippen molar-refractivity contribution < 1.29 is 8.42 Å². The average molecular weight is 381 g/mol. The Balaban J connectivity index is 1.90. The number of hydrogen-bond donors (Lipinski definition) is 3. The molecule has 6 nitrogen and oxygen atoms in total. The van der Waals surface area contributed by atoms with Crippen LogP contribution in [0.3, 0.4) is 0 Å². The van der Waals surface area contributed by atoms with E-state index in [4.69, 9.17) is 5.14 Å². The van der Waals surface area contributed by atoms with Crippen LogP contribution in [-0.2, 0) is 16.6 Å². The van der Waals surface area contributed by atoms with Crippen LogP contribution in [-0.4, -0.2) is 27.5 Å². The van der Waals surface area contributed by atoms with Crippen molar-refractivity contribution in [2.45, 2.75) is 57.4 Å². The molecule has 0 radical (unpaired) electrons. The summed E-state index contributed by atoms with van der Waals surface area (Å²) in [6.45, 7) is 6.46. The van der Waals surface area contributed by atoms with Crippen molar-refractivity contribution in [2.75, 3.05) is 13.1 Å². The molecule has 0 spiro atoms. The summed E-state index contributed by atoms with van der Waals surface area (Å²) in [6.07, 6.45) is 6.54. The Hall–Kier alpha value is -1.60. The third-order valence-electron chi connectivity index (χ3n) is 4.88. The Morgan fingerprint density at radius 2 is 2.12 bits per heavy atom. The van der Waals surface area contributed by atoms with Crippen molar-refractivity contribution in [1.29, 1.82) is 0 Å². The molecule has 0 heterocycles. The molecule has 1 aliphatic rings. The number of hydrogen-bond acceptors (Lipinski definition) is 3. The Labute approximate surface area is 157 Å². The number of guanidine groups is 1. The lowest BCUT2D eigenvalue weighted by Gasteiger charge is -2.26. The molecule has 1 saturated carbocycles. The fourth-order valence-electron chi connectivity index (χ4n) is 3.55. The molecule has 7 heteroatoms. The van der Waals surface area contributed by atoms with Gasteiger partial charge in [-0.15, -0.1) is 0 Å². The lowest BCUT2D eigenvalue weighted by molar-refractivity contribution is 0.270. The van der Waals surface area contributed by atoms with Gasteiger partial charge in [-0.3, -0.25) is 0 Å². The van der Waals surface area contributed by atoms with E-state index in [1.807, 2.05) is 13.0 Å². The zero-order valence-corrected chi connectivity index (χ0v) is 16.7. The van der Waals surface area contributed by atoms with E-state index in [-0.39, 0.29) is 4.90 Å². The van der Waals surface area contributed by atoms with E-state index in [1.165, 1.54) is 31.7 Å². The molecule has 26 heavy (non-hydrogen) atoms. The van der Waals surface area contributed by atoms with Crippen molar-refractivity contribution in [3.8, 4) is 0 Å². The van der Waals surface area contributed by atoms with Crippen LogP contribution >= 0.6 is 0 Å². The van der Waals surface area contributed by atoms with E-state index >= 15 is 0 Å². The largest absolute Gasteiger partial charge is 0.357 e. The summed E-state index contributed by atoms with van der Waals surface area (Å²) in [7, 11) is -3.69. The number of nitrogens with two attached hydrogens (primary N) is 1. The lowest BCUT2D eigenvalue weighted by atomic mass is 9.81. The Bertz CT molecular complexity index is 703. The van der Waals surface area contributed by atoms with Crippen LogP contribution in [0.15, 0.2) is 34.2 Å². The minimum absolute atomic E-state index is 0.120. The molecular weight excluding hydrogens is 348 g/mol. The third kappa shape index (κ3) is 6.96. The number of aliphatic imine (C=N–C) groups is 1. The number of nitrogens with one attached hydrogen (secondary N) is 2. The standard InChI is InChI=1S/C19H32N4O2S/c1-3-21-19(22-11-10-16-7-4-6-15(2)12-16)23-14-17-8-5-9-18(13-17)26(20,24)25/h5,8-9,13,15-16H,3-4,6-7,10-12,14H2,1-2H3,(H2,20,24,25)(H2,21,22,23). The van der Waals surface area contributed by atoms with Gasteiger partial charge in [0.05, 0.1) is 11.4 Å². The van der Waals surface area contributed by atoms with Crippen LogP contribution in [0.5, 0.6) is 0 Å². The topological polar surface area (TPSA) is 96.6 Å². The molecule has 1 aromatic carbocycles. The SMILES string of the molecule is CCNC(=NCc1cccc(S(N)(=O)=O)c1)NCCC1CCCC(C)C1. The molecule has 0 aliphatic heterocycles. The molecule has 0 bridgehead atoms. The molecular formula is C19H32N4O2S. The van der Waals surface area contributed by atoms with E-state index in [0.29, 0.717) is 6.54 Å². The van der Waals surface area contributed by atoms with Crippen molar-refractivity contribution in [3.63, 3.8) is 0 Å². The molecule has 1 aliphatic carbocycles. The Morgan fingerprint density at radius 3 is 2.81 bits per heavy atom. The second-order valence-corrected chi connectivity index (χ2v) is 8.80. The van der Waals surface area contributed by atoms with Crippen molar-refractivity contribution >= 4 is 16.0 Å². The zero-order chi connectivity index (χ0) is 19.0. The number of sulfonamides is 1. The fraction of sp³-hybridized carbons (Fsp3) is 0.632. The minimum atomic E-state index is -3.69. The number of primary sulfonamides is 1. The van der Waals surface area contributed by atoms with E-state index < -0.39 is 10.0 Å². The molecule has 1 aromatic rings. The first kappa shape index (κ1) is 20.7. The molecule has 2 unspecified atom stereocenters. The Kier molecular flexibility index (Phi) is 7.90. The van der Waals surface area contributed by atoms with Crippen LogP contribution in [0, 0.1) is 11.8 Å². The highest BCUT2D eigenvalue weighted by molar-refractivity contribution is 7.89. The van der Waals surface area contributed by atoms with Crippen molar-refractivity contribution in [1.82, 2.24) is 10.6 Å². The van der Waals surface area contributed by atoms with Crippen LogP contribution in [0.2, 0.25) is 0 Å². The van der Waals surface area contributed by atoms with Crippen LogP contribution in [0.1, 0.15) is 51.5 Å². The van der Waals surface area contributed by atoms with E-state index in [2.05, 4.69) is 22.5 Å². The van der Waals surface area contributed by atoms with Crippen LogP contribution in [0.4, 0.5) is 0 Å². The molecule has 0 aromatic heterocycles. The smallest absolute Gasteiger partial charge is 0.238 e. The quantitative estimate of drug-likeness (QED) is 0.500. The Morgan fingerprint density at radius 1 is 1.31 bits per heavy atom. The summed E-state index contributed by atoms with van der Waals surface area (Å²) in [4.78, 5) is 4.68. The number of benzene rings is 1. The van der Waals surface area contributed by atoms with Gasteiger partial charge in [-0.25, -0.2) is 18.5 Å². The van der Waals surface area contributed by atoms with Gasteiger partial charge in [0.2, 0.25) is 10.0 Å². The molecule has 1 fully saturated rings. The second kappa shape index (κ2) is 9.92.